The van der Waals surface area contributed by atoms with Crippen molar-refractivity contribution < 1.29 is 9.47 Å². The Labute approximate surface area is 124 Å². The molecule has 2 aromatic rings. The fourth-order valence-electron chi connectivity index (χ4n) is 3.52. The second kappa shape index (κ2) is 4.55. The van der Waals surface area contributed by atoms with Gasteiger partial charge in [0.05, 0.1) is 26.3 Å². The van der Waals surface area contributed by atoms with Crippen LogP contribution in [-0.2, 0) is 0 Å². The van der Waals surface area contributed by atoms with Crippen LogP contribution in [0, 0.1) is 0 Å². The van der Waals surface area contributed by atoms with Gasteiger partial charge >= 0.3 is 0 Å². The summed E-state index contributed by atoms with van der Waals surface area (Å²) < 4.78 is 11.2. The molecule has 106 valence electrons. The maximum atomic E-state index is 5.58. The van der Waals surface area contributed by atoms with Gasteiger partial charge in [-0.05, 0) is 24.3 Å². The number of hydrogen-bond acceptors (Lipinski definition) is 3. The number of fused-ring (bicyclic) bond motifs is 5. The topological polar surface area (TPSA) is 21.7 Å². The quantitative estimate of drug-likeness (QED) is 0.796. The maximum Gasteiger partial charge on any atom is 0.125 e. The Balaban J connectivity index is 1.89. The van der Waals surface area contributed by atoms with Crippen LogP contribution in [0.5, 0.6) is 11.5 Å². The molecule has 21 heavy (non-hydrogen) atoms. The Morgan fingerprint density at radius 2 is 1.29 bits per heavy atom. The van der Waals surface area contributed by atoms with E-state index >= 15 is 0 Å². The minimum absolute atomic E-state index is 0.220. The molecule has 2 heterocycles. The van der Waals surface area contributed by atoms with E-state index in [9.17, 15) is 0 Å². The summed E-state index contributed by atoms with van der Waals surface area (Å²) in [6, 6.07) is 14.9. The zero-order valence-electron chi connectivity index (χ0n) is 12.1. The molecule has 0 radical (unpaired) electrons. The Morgan fingerprint density at radius 1 is 0.762 bits per heavy atom. The minimum Gasteiger partial charge on any atom is -0.496 e. The second-order valence-electron chi connectivity index (χ2n) is 5.31. The van der Waals surface area contributed by atoms with E-state index in [1.54, 1.807) is 14.2 Å². The molecule has 2 aliphatic rings. The van der Waals surface area contributed by atoms with Crippen molar-refractivity contribution in [3.8, 4) is 11.5 Å². The van der Waals surface area contributed by atoms with Crippen LogP contribution in [0.1, 0.15) is 23.2 Å². The lowest BCUT2D eigenvalue weighted by Gasteiger charge is -2.25. The third-order valence-electron chi connectivity index (χ3n) is 4.37. The first-order chi connectivity index (χ1) is 10.3. The number of anilines is 1. The van der Waals surface area contributed by atoms with Crippen LogP contribution in [-0.4, -0.2) is 14.2 Å². The summed E-state index contributed by atoms with van der Waals surface area (Å²) in [7, 11) is 3.45. The van der Waals surface area contributed by atoms with E-state index < -0.39 is 0 Å². The third-order valence-corrected chi connectivity index (χ3v) is 4.37. The molecule has 2 atom stereocenters. The number of ether oxygens (including phenoxy) is 2. The summed E-state index contributed by atoms with van der Waals surface area (Å²) in [6.07, 6.45) is 4.50. The number of hydrogen-bond donors (Lipinski definition) is 0. The van der Waals surface area contributed by atoms with Crippen LogP contribution >= 0.6 is 0 Å². The number of rotatable bonds is 3. The lowest BCUT2D eigenvalue weighted by Crippen LogP contribution is -2.19. The van der Waals surface area contributed by atoms with E-state index in [4.69, 9.17) is 9.47 Å². The van der Waals surface area contributed by atoms with Crippen LogP contribution in [0.25, 0.3) is 0 Å². The molecule has 0 spiro atoms. The summed E-state index contributed by atoms with van der Waals surface area (Å²) in [5.41, 5.74) is 3.68. The van der Waals surface area contributed by atoms with E-state index in [1.807, 2.05) is 18.2 Å². The molecule has 0 N–H and O–H groups in total. The van der Waals surface area contributed by atoms with Gasteiger partial charge in [0.25, 0.3) is 0 Å². The van der Waals surface area contributed by atoms with E-state index in [1.165, 1.54) is 16.8 Å². The largest absolute Gasteiger partial charge is 0.496 e. The molecule has 0 aliphatic carbocycles. The highest BCUT2D eigenvalue weighted by atomic mass is 16.5. The fraction of sp³-hybridized carbons (Fsp3) is 0.222. The lowest BCUT2D eigenvalue weighted by atomic mass is 9.95. The Morgan fingerprint density at radius 3 is 1.76 bits per heavy atom. The Hall–Kier alpha value is -2.42. The van der Waals surface area contributed by atoms with Gasteiger partial charge in [-0.15, -0.1) is 0 Å². The van der Waals surface area contributed by atoms with E-state index in [0.29, 0.717) is 0 Å². The molecule has 0 saturated heterocycles. The molecule has 0 saturated carbocycles. The van der Waals surface area contributed by atoms with Crippen molar-refractivity contribution >= 4 is 5.69 Å². The molecule has 0 fully saturated rings. The van der Waals surface area contributed by atoms with Crippen molar-refractivity contribution in [1.82, 2.24) is 0 Å². The first-order valence-electron chi connectivity index (χ1n) is 7.11. The second-order valence-corrected chi connectivity index (χ2v) is 5.31. The molecule has 0 amide bonds. The first kappa shape index (κ1) is 12.3. The van der Waals surface area contributed by atoms with Crippen molar-refractivity contribution in [2.45, 2.75) is 12.1 Å². The van der Waals surface area contributed by atoms with Gasteiger partial charge in [-0.1, -0.05) is 30.4 Å². The molecule has 2 bridgehead atoms. The van der Waals surface area contributed by atoms with E-state index in [-0.39, 0.29) is 12.1 Å². The van der Waals surface area contributed by atoms with Crippen molar-refractivity contribution in [1.29, 1.82) is 0 Å². The molecular weight excluding hydrogens is 262 g/mol. The lowest BCUT2D eigenvalue weighted by molar-refractivity contribution is 0.396. The summed E-state index contributed by atoms with van der Waals surface area (Å²) in [4.78, 5) is 2.41. The highest BCUT2D eigenvalue weighted by molar-refractivity contribution is 5.69. The molecule has 2 aliphatic heterocycles. The van der Waals surface area contributed by atoms with Gasteiger partial charge in [0.15, 0.2) is 0 Å². The highest BCUT2D eigenvalue weighted by Crippen LogP contribution is 2.56. The maximum absolute atomic E-state index is 5.58. The zero-order chi connectivity index (χ0) is 14.4. The molecule has 2 unspecified atom stereocenters. The molecule has 3 nitrogen and oxygen atoms in total. The number of benzene rings is 2. The van der Waals surface area contributed by atoms with Crippen LogP contribution in [0.15, 0.2) is 54.6 Å². The van der Waals surface area contributed by atoms with Gasteiger partial charge in [0.1, 0.15) is 11.5 Å². The number of para-hydroxylation sites is 1. The molecule has 3 heteroatoms. The van der Waals surface area contributed by atoms with Gasteiger partial charge in [0.2, 0.25) is 0 Å². The summed E-state index contributed by atoms with van der Waals surface area (Å²) in [5, 5.41) is 0. The van der Waals surface area contributed by atoms with Crippen molar-refractivity contribution in [2.24, 2.45) is 0 Å². The fourth-order valence-corrected chi connectivity index (χ4v) is 3.52. The normalized spacial score (nSPS) is 21.5. The van der Waals surface area contributed by atoms with Crippen molar-refractivity contribution in [3.05, 3.63) is 65.7 Å². The standard InChI is InChI=1S/C18H17NO2/c1-20-15-10-11-16(21-2)18-14-9-8-13(17(15)18)19(14)12-6-4-3-5-7-12/h3-11,13-14H,1-2H3. The number of nitrogens with zero attached hydrogens (tertiary/aromatic N) is 1. The van der Waals surface area contributed by atoms with Gasteiger partial charge in [-0.25, -0.2) is 0 Å². The number of methoxy groups -OCH3 is 2. The monoisotopic (exact) mass is 279 g/mol. The highest BCUT2D eigenvalue weighted by Gasteiger charge is 2.44. The van der Waals surface area contributed by atoms with Gasteiger partial charge in [0, 0.05) is 16.8 Å². The van der Waals surface area contributed by atoms with Gasteiger partial charge < -0.3 is 14.4 Å². The van der Waals surface area contributed by atoms with Gasteiger partial charge in [-0.3, -0.25) is 0 Å². The summed E-state index contributed by atoms with van der Waals surface area (Å²) in [5.74, 6) is 1.87. The van der Waals surface area contributed by atoms with E-state index in [2.05, 4.69) is 41.3 Å². The Bertz CT molecular complexity index is 668. The average molecular weight is 279 g/mol. The van der Waals surface area contributed by atoms with Gasteiger partial charge in [-0.2, -0.15) is 0 Å². The summed E-state index contributed by atoms with van der Waals surface area (Å²) in [6.45, 7) is 0. The van der Waals surface area contributed by atoms with Crippen LogP contribution in [0.4, 0.5) is 5.69 Å². The van der Waals surface area contributed by atoms with Crippen molar-refractivity contribution in [2.75, 3.05) is 19.1 Å². The molecular formula is C18H17NO2. The predicted octanol–water partition coefficient (Wildman–Crippen LogP) is 3.88. The SMILES string of the molecule is COc1ccc(OC)c2c1C1C=CC2N1c1ccccc1. The molecule has 0 aromatic heterocycles. The van der Waals surface area contributed by atoms with Crippen LogP contribution in [0.3, 0.4) is 0 Å². The van der Waals surface area contributed by atoms with Crippen molar-refractivity contribution in [3.63, 3.8) is 0 Å². The molecule has 4 rings (SSSR count). The minimum atomic E-state index is 0.220. The third kappa shape index (κ3) is 1.60. The van der Waals surface area contributed by atoms with Crippen LogP contribution < -0.4 is 14.4 Å². The zero-order valence-corrected chi connectivity index (χ0v) is 12.1. The van der Waals surface area contributed by atoms with E-state index in [0.717, 1.165) is 11.5 Å². The Kier molecular flexibility index (Phi) is 2.67. The first-order valence-corrected chi connectivity index (χ1v) is 7.11. The summed E-state index contributed by atoms with van der Waals surface area (Å²) >= 11 is 0. The molecule has 2 aromatic carbocycles. The van der Waals surface area contributed by atoms with Crippen LogP contribution in [0.2, 0.25) is 0 Å². The smallest absolute Gasteiger partial charge is 0.125 e. The average Bonchev–Trinajstić information content (AvgIpc) is 3.11. The predicted molar refractivity (Wildman–Crippen MR) is 83.1 cm³/mol.